The Balaban J connectivity index is 0.00000196. The minimum Gasteiger partial charge on any atom is -1.00 e. The number of aromatic nitrogens is 2. The van der Waals surface area contributed by atoms with E-state index in [1.165, 1.54) is 49.7 Å². The highest BCUT2D eigenvalue weighted by atomic mass is 79.9. The fraction of sp³-hybridized carbons (Fsp3) is 0.333. The second-order valence-electron chi connectivity index (χ2n) is 6.91. The second-order valence-corrected chi connectivity index (χ2v) is 6.91. The highest BCUT2D eigenvalue weighted by Crippen LogP contribution is 2.15. The molecule has 0 aliphatic rings. The van der Waals surface area contributed by atoms with Crippen molar-refractivity contribution in [2.75, 3.05) is 0 Å². The standard InChI is InChI=1S/C24H30N2.2BrH/c1-7-17-25(18-8-1)21-11-5-15-23-13-3-4-14-24(23)16-6-12-22-26-19-9-2-10-20-26;;/h1-4,7-10,13-14,17-20H,5-6,11-12,15-16,21-22H2;2*1H/q+2;;/p-2. The molecular formula is C24H30Br2N2. The minimum absolute atomic E-state index is 0. The van der Waals surface area contributed by atoms with Gasteiger partial charge in [0.15, 0.2) is 24.8 Å². The number of nitrogens with zero attached hydrogens (tertiary/aromatic N) is 2. The van der Waals surface area contributed by atoms with Crippen molar-refractivity contribution in [3.8, 4) is 0 Å². The lowest BCUT2D eigenvalue weighted by Gasteiger charge is -2.09. The van der Waals surface area contributed by atoms with Crippen LogP contribution in [0.3, 0.4) is 0 Å². The van der Waals surface area contributed by atoms with Crippen molar-refractivity contribution in [2.45, 2.75) is 51.6 Å². The molecule has 0 radical (unpaired) electrons. The first-order valence-electron chi connectivity index (χ1n) is 9.87. The normalized spacial score (nSPS) is 10.0. The van der Waals surface area contributed by atoms with Gasteiger partial charge >= 0.3 is 0 Å². The quantitative estimate of drug-likeness (QED) is 0.229. The van der Waals surface area contributed by atoms with Gasteiger partial charge in [-0.15, -0.1) is 0 Å². The third-order valence-electron chi connectivity index (χ3n) is 4.90. The molecule has 2 aromatic heterocycles. The van der Waals surface area contributed by atoms with Crippen LogP contribution in [-0.2, 0) is 25.9 Å². The van der Waals surface area contributed by atoms with Crippen molar-refractivity contribution < 1.29 is 43.1 Å². The number of benzene rings is 1. The van der Waals surface area contributed by atoms with Gasteiger partial charge in [0.25, 0.3) is 0 Å². The van der Waals surface area contributed by atoms with Gasteiger partial charge in [-0.05, 0) is 36.8 Å². The number of unbranched alkanes of at least 4 members (excludes halogenated alkanes) is 2. The maximum Gasteiger partial charge on any atom is 0.168 e. The Kier molecular flexibility index (Phi) is 12.7. The monoisotopic (exact) mass is 504 g/mol. The lowest BCUT2D eigenvalue weighted by Crippen LogP contribution is -3.00. The van der Waals surface area contributed by atoms with E-state index in [1.807, 2.05) is 0 Å². The van der Waals surface area contributed by atoms with Crippen LogP contribution in [0.4, 0.5) is 0 Å². The Morgan fingerprint density at radius 2 is 0.857 bits per heavy atom. The van der Waals surface area contributed by atoms with Crippen molar-refractivity contribution in [3.63, 3.8) is 0 Å². The molecule has 0 aliphatic carbocycles. The summed E-state index contributed by atoms with van der Waals surface area (Å²) < 4.78 is 4.54. The summed E-state index contributed by atoms with van der Waals surface area (Å²) in [6, 6.07) is 21.5. The molecule has 2 nitrogen and oxygen atoms in total. The Morgan fingerprint density at radius 3 is 1.25 bits per heavy atom. The summed E-state index contributed by atoms with van der Waals surface area (Å²) in [4.78, 5) is 0. The van der Waals surface area contributed by atoms with Crippen molar-refractivity contribution in [2.24, 2.45) is 0 Å². The lowest BCUT2D eigenvalue weighted by molar-refractivity contribution is -0.697. The average molecular weight is 506 g/mol. The molecule has 0 aliphatic heterocycles. The summed E-state index contributed by atoms with van der Waals surface area (Å²) >= 11 is 0. The number of hydrogen-bond acceptors (Lipinski definition) is 0. The number of aryl methyl sites for hydroxylation is 4. The van der Waals surface area contributed by atoms with Crippen LogP contribution < -0.4 is 43.1 Å². The van der Waals surface area contributed by atoms with E-state index in [9.17, 15) is 0 Å². The van der Waals surface area contributed by atoms with Crippen LogP contribution in [-0.4, -0.2) is 0 Å². The molecule has 0 atom stereocenters. The van der Waals surface area contributed by atoms with Crippen LogP contribution in [0.15, 0.2) is 85.5 Å². The Hall–Kier alpha value is -1.52. The molecule has 0 spiro atoms. The van der Waals surface area contributed by atoms with Gasteiger partial charge in [0.05, 0.1) is 0 Å². The topological polar surface area (TPSA) is 7.76 Å². The van der Waals surface area contributed by atoms with Gasteiger partial charge in [0, 0.05) is 37.1 Å². The van der Waals surface area contributed by atoms with Crippen molar-refractivity contribution in [3.05, 3.63) is 96.6 Å². The van der Waals surface area contributed by atoms with Crippen LogP contribution in [0.25, 0.3) is 0 Å². The zero-order valence-electron chi connectivity index (χ0n) is 16.4. The molecular weight excluding hydrogens is 476 g/mol. The molecule has 0 saturated carbocycles. The van der Waals surface area contributed by atoms with E-state index < -0.39 is 0 Å². The molecule has 0 unspecified atom stereocenters. The molecule has 0 bridgehead atoms. The van der Waals surface area contributed by atoms with Gasteiger partial charge in [-0.3, -0.25) is 0 Å². The summed E-state index contributed by atoms with van der Waals surface area (Å²) in [6.45, 7) is 2.22. The lowest BCUT2D eigenvalue weighted by atomic mass is 9.98. The molecule has 2 heterocycles. The number of halogens is 2. The molecule has 150 valence electrons. The van der Waals surface area contributed by atoms with Gasteiger partial charge in [-0.1, -0.05) is 36.4 Å². The van der Waals surface area contributed by atoms with Gasteiger partial charge < -0.3 is 34.0 Å². The molecule has 28 heavy (non-hydrogen) atoms. The van der Waals surface area contributed by atoms with E-state index in [1.54, 1.807) is 0 Å². The zero-order valence-corrected chi connectivity index (χ0v) is 19.6. The van der Waals surface area contributed by atoms with E-state index in [2.05, 4.69) is 94.6 Å². The largest absolute Gasteiger partial charge is 1.00 e. The predicted octanol–water partition coefficient (Wildman–Crippen LogP) is -1.68. The summed E-state index contributed by atoms with van der Waals surface area (Å²) in [5, 5.41) is 0. The van der Waals surface area contributed by atoms with E-state index >= 15 is 0 Å². The van der Waals surface area contributed by atoms with Gasteiger partial charge in [-0.25, -0.2) is 9.13 Å². The highest BCUT2D eigenvalue weighted by molar-refractivity contribution is 5.27. The van der Waals surface area contributed by atoms with Gasteiger partial charge in [0.1, 0.15) is 13.1 Å². The smallest absolute Gasteiger partial charge is 0.168 e. The summed E-state index contributed by atoms with van der Waals surface area (Å²) in [6.07, 6.45) is 15.9. The van der Waals surface area contributed by atoms with Crippen LogP contribution in [0, 0.1) is 0 Å². The second kappa shape index (κ2) is 14.5. The number of pyridine rings is 2. The minimum atomic E-state index is 0. The fourth-order valence-corrected chi connectivity index (χ4v) is 3.43. The summed E-state index contributed by atoms with van der Waals surface area (Å²) in [7, 11) is 0. The maximum atomic E-state index is 2.32. The Morgan fingerprint density at radius 1 is 0.464 bits per heavy atom. The van der Waals surface area contributed by atoms with E-state index in [0.717, 1.165) is 13.1 Å². The molecule has 0 fully saturated rings. The molecule has 4 heteroatoms. The van der Waals surface area contributed by atoms with Gasteiger partial charge in [0.2, 0.25) is 0 Å². The molecule has 0 saturated heterocycles. The zero-order chi connectivity index (χ0) is 17.9. The fourth-order valence-electron chi connectivity index (χ4n) is 3.43. The molecule has 0 N–H and O–H groups in total. The Labute approximate surface area is 190 Å². The summed E-state index contributed by atoms with van der Waals surface area (Å²) in [5.41, 5.74) is 3.08. The first kappa shape index (κ1) is 24.5. The number of rotatable bonds is 10. The average Bonchev–Trinajstić information content (AvgIpc) is 2.71. The van der Waals surface area contributed by atoms with E-state index in [4.69, 9.17) is 0 Å². The highest BCUT2D eigenvalue weighted by Gasteiger charge is 2.05. The predicted molar refractivity (Wildman–Crippen MR) is 106 cm³/mol. The van der Waals surface area contributed by atoms with Gasteiger partial charge in [-0.2, -0.15) is 0 Å². The molecule has 0 amide bonds. The first-order valence-corrected chi connectivity index (χ1v) is 9.87. The van der Waals surface area contributed by atoms with Crippen molar-refractivity contribution >= 4 is 0 Å². The Bertz CT molecular complexity index is 697. The van der Waals surface area contributed by atoms with Crippen LogP contribution in [0.1, 0.15) is 36.8 Å². The first-order chi connectivity index (χ1) is 12.9. The number of hydrogen-bond donors (Lipinski definition) is 0. The van der Waals surface area contributed by atoms with E-state index in [0.29, 0.717) is 0 Å². The molecule has 1 aromatic carbocycles. The third-order valence-corrected chi connectivity index (χ3v) is 4.90. The SMILES string of the molecule is [Br-].[Br-].c1cc[n+](CCCCc2ccccc2CCCC[n+]2ccccc2)cc1. The van der Waals surface area contributed by atoms with Crippen LogP contribution in [0.2, 0.25) is 0 Å². The van der Waals surface area contributed by atoms with Crippen LogP contribution >= 0.6 is 0 Å². The maximum absolute atomic E-state index is 2.32. The third kappa shape index (κ3) is 8.66. The van der Waals surface area contributed by atoms with E-state index in [-0.39, 0.29) is 34.0 Å². The van der Waals surface area contributed by atoms with Crippen LogP contribution in [0.5, 0.6) is 0 Å². The summed E-state index contributed by atoms with van der Waals surface area (Å²) in [5.74, 6) is 0. The molecule has 3 rings (SSSR count). The van der Waals surface area contributed by atoms with Crippen molar-refractivity contribution in [1.82, 2.24) is 0 Å². The molecule has 3 aromatic rings. The van der Waals surface area contributed by atoms with Crippen molar-refractivity contribution in [1.29, 1.82) is 0 Å².